The third-order valence-corrected chi connectivity index (χ3v) is 6.68. The summed E-state index contributed by atoms with van der Waals surface area (Å²) < 4.78 is 0. The number of hydrogen-bond acceptors (Lipinski definition) is 5. The molecular weight excluding hydrogens is 400 g/mol. The van der Waals surface area contributed by atoms with Gasteiger partial charge in [0.1, 0.15) is 0 Å². The molecule has 0 saturated carbocycles. The fourth-order valence-electron chi connectivity index (χ4n) is 5.03. The zero-order valence-corrected chi connectivity index (χ0v) is 19.1. The lowest BCUT2D eigenvalue weighted by Crippen LogP contribution is -2.55. The molecule has 2 heterocycles. The molecule has 6 nitrogen and oxygen atoms in total. The van der Waals surface area contributed by atoms with Gasteiger partial charge < -0.3 is 5.32 Å². The lowest BCUT2D eigenvalue weighted by Gasteiger charge is -2.45. The minimum absolute atomic E-state index is 0.452. The number of benzene rings is 2. The second-order valence-corrected chi connectivity index (χ2v) is 9.04. The minimum atomic E-state index is -0.479. The Morgan fingerprint density at radius 3 is 2.44 bits per heavy atom. The van der Waals surface area contributed by atoms with E-state index in [-0.39, 0.29) is 0 Å². The number of nitrogens with one attached hydrogen (secondary N) is 2. The SMILES string of the molecule is CC1CN(Cc2ccc(C(=O)NO)cc2)C[C@H](C)N1Cc1ccccc1C1=CCNCC1. The number of hydrogen-bond donors (Lipinski definition) is 3. The first kappa shape index (κ1) is 22.7. The monoisotopic (exact) mass is 434 g/mol. The smallest absolute Gasteiger partial charge is 0.274 e. The Bertz CT molecular complexity index is 945. The van der Waals surface area contributed by atoms with E-state index in [0.717, 1.165) is 45.7 Å². The van der Waals surface area contributed by atoms with Crippen LogP contribution in [0.15, 0.2) is 54.6 Å². The summed E-state index contributed by atoms with van der Waals surface area (Å²) in [5.74, 6) is -0.479. The second-order valence-electron chi connectivity index (χ2n) is 9.04. The van der Waals surface area contributed by atoms with Gasteiger partial charge in [0.15, 0.2) is 0 Å². The summed E-state index contributed by atoms with van der Waals surface area (Å²) >= 11 is 0. The largest absolute Gasteiger partial charge is 0.313 e. The molecule has 4 rings (SSSR count). The van der Waals surface area contributed by atoms with Crippen LogP contribution < -0.4 is 10.8 Å². The number of amides is 1. The summed E-state index contributed by atoms with van der Waals surface area (Å²) in [4.78, 5) is 16.7. The molecule has 2 atom stereocenters. The van der Waals surface area contributed by atoms with Gasteiger partial charge in [-0.2, -0.15) is 0 Å². The van der Waals surface area contributed by atoms with Gasteiger partial charge in [-0.05, 0) is 61.2 Å². The lowest BCUT2D eigenvalue weighted by atomic mass is 9.94. The molecule has 0 bridgehead atoms. The molecule has 6 heteroatoms. The van der Waals surface area contributed by atoms with Crippen molar-refractivity contribution in [3.63, 3.8) is 0 Å². The van der Waals surface area contributed by atoms with E-state index in [1.807, 2.05) is 12.1 Å². The number of piperazine rings is 1. The Labute approximate surface area is 190 Å². The molecule has 1 saturated heterocycles. The van der Waals surface area contributed by atoms with Crippen LogP contribution in [0.2, 0.25) is 0 Å². The Kier molecular flexibility index (Phi) is 7.37. The molecule has 1 amide bonds. The zero-order chi connectivity index (χ0) is 22.5. The maximum atomic E-state index is 11.5. The zero-order valence-electron chi connectivity index (χ0n) is 19.1. The van der Waals surface area contributed by atoms with Gasteiger partial charge in [-0.3, -0.25) is 19.8 Å². The maximum Gasteiger partial charge on any atom is 0.274 e. The molecule has 2 aromatic rings. The quantitative estimate of drug-likeness (QED) is 0.481. The Morgan fingerprint density at radius 2 is 1.78 bits per heavy atom. The second kappa shape index (κ2) is 10.4. The van der Waals surface area contributed by atoms with Crippen molar-refractivity contribution in [3.8, 4) is 0 Å². The highest BCUT2D eigenvalue weighted by Crippen LogP contribution is 2.27. The van der Waals surface area contributed by atoms with Crippen molar-refractivity contribution in [2.45, 2.75) is 45.4 Å². The van der Waals surface area contributed by atoms with Crippen molar-refractivity contribution in [3.05, 3.63) is 76.9 Å². The molecule has 2 aliphatic rings. The van der Waals surface area contributed by atoms with Crippen LogP contribution >= 0.6 is 0 Å². The molecule has 2 aromatic carbocycles. The first-order valence-electron chi connectivity index (χ1n) is 11.5. The Hall–Kier alpha value is -2.51. The number of hydroxylamine groups is 1. The van der Waals surface area contributed by atoms with E-state index in [1.165, 1.54) is 22.3 Å². The van der Waals surface area contributed by atoms with Crippen LogP contribution in [0.5, 0.6) is 0 Å². The van der Waals surface area contributed by atoms with Crippen LogP contribution in [-0.2, 0) is 13.1 Å². The van der Waals surface area contributed by atoms with Crippen LogP contribution in [0.3, 0.4) is 0 Å². The van der Waals surface area contributed by atoms with E-state index in [0.29, 0.717) is 17.6 Å². The fraction of sp³-hybridized carbons (Fsp3) is 0.423. The van der Waals surface area contributed by atoms with Crippen LogP contribution in [0.4, 0.5) is 0 Å². The molecule has 170 valence electrons. The van der Waals surface area contributed by atoms with Crippen molar-refractivity contribution in [1.82, 2.24) is 20.6 Å². The van der Waals surface area contributed by atoms with Crippen molar-refractivity contribution in [1.29, 1.82) is 0 Å². The van der Waals surface area contributed by atoms with Gasteiger partial charge in [0, 0.05) is 50.4 Å². The number of carbonyl (C=O) groups excluding carboxylic acids is 1. The predicted octanol–water partition coefficient (Wildman–Crippen LogP) is 3.28. The summed E-state index contributed by atoms with van der Waals surface area (Å²) in [6, 6.07) is 17.2. The molecule has 2 aliphatic heterocycles. The van der Waals surface area contributed by atoms with Gasteiger partial charge in [-0.25, -0.2) is 5.48 Å². The molecule has 0 spiro atoms. The number of carbonyl (C=O) groups is 1. The molecule has 1 fully saturated rings. The summed E-state index contributed by atoms with van der Waals surface area (Å²) in [7, 11) is 0. The van der Waals surface area contributed by atoms with Gasteiger partial charge in [-0.1, -0.05) is 42.5 Å². The first-order chi connectivity index (χ1) is 15.5. The van der Waals surface area contributed by atoms with Gasteiger partial charge in [0.2, 0.25) is 0 Å². The van der Waals surface area contributed by atoms with Crippen molar-refractivity contribution >= 4 is 11.5 Å². The summed E-state index contributed by atoms with van der Waals surface area (Å²) in [5.41, 5.74) is 7.62. The maximum absolute atomic E-state index is 11.5. The third kappa shape index (κ3) is 5.27. The summed E-state index contributed by atoms with van der Waals surface area (Å²) in [6.45, 7) is 10.5. The average molecular weight is 435 g/mol. The minimum Gasteiger partial charge on any atom is -0.313 e. The van der Waals surface area contributed by atoms with Crippen LogP contribution in [0, 0.1) is 0 Å². The van der Waals surface area contributed by atoms with E-state index in [2.05, 4.69) is 59.3 Å². The van der Waals surface area contributed by atoms with Crippen LogP contribution in [0.25, 0.3) is 5.57 Å². The molecule has 32 heavy (non-hydrogen) atoms. The molecule has 3 N–H and O–H groups in total. The first-order valence-corrected chi connectivity index (χ1v) is 11.5. The molecule has 1 unspecified atom stereocenters. The summed E-state index contributed by atoms with van der Waals surface area (Å²) in [6.07, 6.45) is 3.43. The highest BCUT2D eigenvalue weighted by atomic mass is 16.5. The highest BCUT2D eigenvalue weighted by Gasteiger charge is 2.30. The normalized spacial score (nSPS) is 22.4. The van der Waals surface area contributed by atoms with Gasteiger partial charge >= 0.3 is 0 Å². The fourth-order valence-corrected chi connectivity index (χ4v) is 5.03. The van der Waals surface area contributed by atoms with E-state index >= 15 is 0 Å². The molecular formula is C26H34N4O2. The van der Waals surface area contributed by atoms with Gasteiger partial charge in [-0.15, -0.1) is 0 Å². The topological polar surface area (TPSA) is 67.8 Å². The van der Waals surface area contributed by atoms with Gasteiger partial charge in [0.25, 0.3) is 5.91 Å². The summed E-state index contributed by atoms with van der Waals surface area (Å²) in [5, 5.41) is 12.2. The van der Waals surface area contributed by atoms with E-state index in [9.17, 15) is 4.79 Å². The van der Waals surface area contributed by atoms with Crippen molar-refractivity contribution in [2.75, 3.05) is 26.2 Å². The van der Waals surface area contributed by atoms with E-state index in [4.69, 9.17) is 5.21 Å². The van der Waals surface area contributed by atoms with Crippen LogP contribution in [0.1, 0.15) is 47.3 Å². The molecule has 0 aromatic heterocycles. The van der Waals surface area contributed by atoms with Crippen molar-refractivity contribution in [2.24, 2.45) is 0 Å². The predicted molar refractivity (Wildman–Crippen MR) is 127 cm³/mol. The average Bonchev–Trinajstić information content (AvgIpc) is 2.82. The standard InChI is InChI=1S/C26H34N4O2/c1-19-15-29(17-21-7-9-23(10-8-21)26(31)28-32)16-20(2)30(19)18-24-5-3-4-6-25(24)22-11-13-27-14-12-22/h3-11,19-20,27,32H,12-18H2,1-2H3,(H,28,31)/t19-,20?/m0/s1. The molecule has 0 radical (unpaired) electrons. The third-order valence-electron chi connectivity index (χ3n) is 6.68. The number of nitrogens with zero attached hydrogens (tertiary/aromatic N) is 2. The van der Waals surface area contributed by atoms with E-state index < -0.39 is 5.91 Å². The van der Waals surface area contributed by atoms with Crippen LogP contribution in [-0.4, -0.2) is 59.2 Å². The van der Waals surface area contributed by atoms with Gasteiger partial charge in [0.05, 0.1) is 0 Å². The Balaban J connectivity index is 1.41. The molecule has 0 aliphatic carbocycles. The Morgan fingerprint density at radius 1 is 1.06 bits per heavy atom. The highest BCUT2D eigenvalue weighted by molar-refractivity contribution is 5.93. The van der Waals surface area contributed by atoms with Crippen molar-refractivity contribution < 1.29 is 10.0 Å². The lowest BCUT2D eigenvalue weighted by molar-refractivity contribution is 0.0290. The number of rotatable bonds is 6. The van der Waals surface area contributed by atoms with E-state index in [1.54, 1.807) is 17.6 Å².